The number of carbonyl (C=O) groups excluding carboxylic acids is 1. The summed E-state index contributed by atoms with van der Waals surface area (Å²) in [5, 5.41) is 2.84. The maximum atomic E-state index is 14.1. The zero-order valence-electron chi connectivity index (χ0n) is 19.9. The zero-order chi connectivity index (χ0) is 25.5. The summed E-state index contributed by atoms with van der Waals surface area (Å²) in [4.78, 5) is 19.5. The van der Waals surface area contributed by atoms with Crippen molar-refractivity contribution in [3.05, 3.63) is 54.1 Å². The van der Waals surface area contributed by atoms with Crippen LogP contribution in [0.4, 0.5) is 19.3 Å². The smallest absolute Gasteiger partial charge is 0.328 e. The lowest BCUT2D eigenvalue weighted by atomic mass is 9.85. The van der Waals surface area contributed by atoms with Gasteiger partial charge in [0.15, 0.2) is 15.3 Å². The van der Waals surface area contributed by atoms with Gasteiger partial charge in [-0.05, 0) is 49.9 Å². The van der Waals surface area contributed by atoms with E-state index < -0.39 is 33.6 Å². The summed E-state index contributed by atoms with van der Waals surface area (Å²) in [5.41, 5.74) is -0.953. The Kier molecular flexibility index (Phi) is 6.56. The number of carbonyl (C=O) groups is 1. The Hall–Kier alpha value is -2.89. The van der Waals surface area contributed by atoms with Crippen LogP contribution >= 0.6 is 0 Å². The van der Waals surface area contributed by atoms with Crippen LogP contribution in [0.3, 0.4) is 0 Å². The van der Waals surface area contributed by atoms with Gasteiger partial charge in [0.1, 0.15) is 28.8 Å². The number of hydrogen-bond donors (Lipinski definition) is 1. The van der Waals surface area contributed by atoms with Crippen molar-refractivity contribution in [2.75, 3.05) is 25.1 Å². The number of amides is 2. The molecule has 0 radical (unpaired) electrons. The van der Waals surface area contributed by atoms with Crippen molar-refractivity contribution in [3.63, 3.8) is 0 Å². The molecule has 1 aliphatic carbocycles. The number of sulfonamides is 1. The van der Waals surface area contributed by atoms with Crippen LogP contribution in [0.1, 0.15) is 38.5 Å². The van der Waals surface area contributed by atoms with Crippen molar-refractivity contribution < 1.29 is 27.1 Å². The molecule has 1 saturated carbocycles. The molecule has 2 saturated heterocycles. The van der Waals surface area contributed by atoms with E-state index in [1.807, 2.05) is 0 Å². The Balaban J connectivity index is 1.49. The van der Waals surface area contributed by atoms with Crippen molar-refractivity contribution in [1.29, 1.82) is 0 Å². The van der Waals surface area contributed by atoms with E-state index in [9.17, 15) is 22.3 Å². The van der Waals surface area contributed by atoms with Gasteiger partial charge in [-0.1, -0.05) is 23.1 Å². The molecular formula is C25H28F2N4O4S. The highest BCUT2D eigenvalue weighted by molar-refractivity contribution is 7.95. The molecule has 1 N–H and O–H groups in total. The maximum absolute atomic E-state index is 14.1. The van der Waals surface area contributed by atoms with Gasteiger partial charge in [-0.25, -0.2) is 13.6 Å². The topological polar surface area (TPSA) is 97.3 Å². The zero-order valence-corrected chi connectivity index (χ0v) is 20.7. The number of piperidine rings is 1. The quantitative estimate of drug-likeness (QED) is 0.598. The Morgan fingerprint density at radius 3 is 2.42 bits per heavy atom. The highest BCUT2D eigenvalue weighted by atomic mass is 32.3. The first-order valence-electron chi connectivity index (χ1n) is 12.0. The number of methoxy groups -OCH3 is 1. The average molecular weight is 519 g/mol. The first-order valence-corrected chi connectivity index (χ1v) is 13.5. The van der Waals surface area contributed by atoms with Crippen molar-refractivity contribution in [2.45, 2.75) is 55.0 Å². The predicted octanol–water partition coefficient (Wildman–Crippen LogP) is 4.28. The second-order valence-electron chi connectivity index (χ2n) is 9.42. The van der Waals surface area contributed by atoms with Crippen LogP contribution < -0.4 is 15.0 Å². The number of amidine groups is 1. The summed E-state index contributed by atoms with van der Waals surface area (Å²) >= 11 is 0. The number of halogens is 2. The number of nitrogens with zero attached hydrogens (tertiary/aromatic N) is 3. The molecule has 2 heterocycles. The fourth-order valence-corrected chi connectivity index (χ4v) is 6.92. The highest BCUT2D eigenvalue weighted by Gasteiger charge is 2.55. The lowest BCUT2D eigenvalue weighted by Gasteiger charge is -2.43. The monoisotopic (exact) mass is 518 g/mol. The van der Waals surface area contributed by atoms with Crippen LogP contribution in [-0.4, -0.2) is 52.5 Å². The second-order valence-corrected chi connectivity index (χ2v) is 11.4. The highest BCUT2D eigenvalue weighted by Crippen LogP contribution is 2.41. The Labute approximate surface area is 209 Å². The molecule has 0 bridgehead atoms. The molecule has 2 aromatic rings. The number of anilines is 1. The lowest BCUT2D eigenvalue weighted by Crippen LogP contribution is -2.58. The molecule has 1 unspecified atom stereocenters. The molecule has 36 heavy (non-hydrogen) atoms. The van der Waals surface area contributed by atoms with Gasteiger partial charge in [-0.3, -0.25) is 15.2 Å². The summed E-state index contributed by atoms with van der Waals surface area (Å²) in [6, 6.07) is 8.77. The SMILES string of the molecule is COc1cccc([S+](=O)([O-])N2CCC3(CC2)C(=NC2CCCC2)NC(=O)N3c2cc(F)cc(F)c2)c1. The molecule has 2 aliphatic heterocycles. The number of aliphatic imine (C=N–C) groups is 1. The third kappa shape index (κ3) is 4.39. The van der Waals surface area contributed by atoms with Gasteiger partial charge in [-0.2, -0.15) is 0 Å². The fourth-order valence-electron chi connectivity index (χ4n) is 5.44. The summed E-state index contributed by atoms with van der Waals surface area (Å²) in [5.74, 6) is -0.720. The Morgan fingerprint density at radius 1 is 1.11 bits per heavy atom. The molecule has 3 fully saturated rings. The van der Waals surface area contributed by atoms with E-state index in [1.54, 1.807) is 12.1 Å². The minimum absolute atomic E-state index is 0.0555. The molecule has 2 amide bonds. The van der Waals surface area contributed by atoms with E-state index >= 15 is 0 Å². The number of ether oxygens (including phenoxy) is 1. The van der Waals surface area contributed by atoms with E-state index in [0.29, 0.717) is 11.6 Å². The number of rotatable bonds is 5. The third-order valence-corrected chi connectivity index (χ3v) is 9.16. The van der Waals surface area contributed by atoms with Crippen LogP contribution in [0.5, 0.6) is 5.75 Å². The Morgan fingerprint density at radius 2 is 1.78 bits per heavy atom. The van der Waals surface area contributed by atoms with Crippen LogP contribution in [0.25, 0.3) is 0 Å². The minimum Gasteiger partial charge on any atom is -0.593 e. The van der Waals surface area contributed by atoms with E-state index in [1.165, 1.54) is 28.4 Å². The molecule has 11 heteroatoms. The van der Waals surface area contributed by atoms with E-state index in [0.717, 1.165) is 43.9 Å². The molecular weight excluding hydrogens is 490 g/mol. The van der Waals surface area contributed by atoms with Gasteiger partial charge in [0.2, 0.25) is 0 Å². The van der Waals surface area contributed by atoms with Gasteiger partial charge >= 0.3 is 6.03 Å². The van der Waals surface area contributed by atoms with E-state index in [2.05, 4.69) is 5.32 Å². The van der Waals surface area contributed by atoms with Crippen LogP contribution in [0.2, 0.25) is 0 Å². The number of benzene rings is 2. The Bertz CT molecular complexity index is 1220. The standard InChI is InChI=1S/C25H28F2N4O4S/c1-35-21-7-4-8-22(16-21)36(33,34)30-11-9-25(10-12-30)23(28-19-5-2-3-6-19)29-24(32)31(25)20-14-17(26)13-18(27)15-20/h4,7-8,13-16,19H,2-3,5-6,9-12H2,1H3,(H-,28,29,32,33,34). The number of nitrogens with one attached hydrogen (secondary N) is 1. The summed E-state index contributed by atoms with van der Waals surface area (Å²) in [6.45, 7) is 0.207. The third-order valence-electron chi connectivity index (χ3n) is 7.27. The molecule has 0 aromatic heterocycles. The van der Waals surface area contributed by atoms with Gasteiger partial charge in [0, 0.05) is 25.2 Å². The average Bonchev–Trinajstić information content (AvgIpc) is 3.45. The maximum Gasteiger partial charge on any atom is 0.328 e. The molecule has 2 aromatic carbocycles. The predicted molar refractivity (Wildman–Crippen MR) is 131 cm³/mol. The van der Waals surface area contributed by atoms with Gasteiger partial charge in [-0.15, -0.1) is 4.31 Å². The van der Waals surface area contributed by atoms with Crippen molar-refractivity contribution >= 4 is 28.0 Å². The molecule has 1 spiro atoms. The van der Waals surface area contributed by atoms with Crippen LogP contribution in [-0.2, 0) is 14.6 Å². The van der Waals surface area contributed by atoms with E-state index in [-0.39, 0.29) is 42.6 Å². The first kappa shape index (κ1) is 24.8. The second kappa shape index (κ2) is 9.53. The summed E-state index contributed by atoms with van der Waals surface area (Å²) in [7, 11) is -2.35. The molecule has 192 valence electrons. The summed E-state index contributed by atoms with van der Waals surface area (Å²) < 4.78 is 61.5. The number of urea groups is 1. The van der Waals surface area contributed by atoms with Crippen molar-refractivity contribution in [2.24, 2.45) is 4.99 Å². The molecule has 3 aliphatic rings. The van der Waals surface area contributed by atoms with Gasteiger partial charge in [0.25, 0.3) is 0 Å². The largest absolute Gasteiger partial charge is 0.593 e. The normalized spacial score (nSPS) is 23.3. The van der Waals surface area contributed by atoms with Gasteiger partial charge in [0.05, 0.1) is 18.8 Å². The van der Waals surface area contributed by atoms with Crippen LogP contribution in [0.15, 0.2) is 52.4 Å². The summed E-state index contributed by atoms with van der Waals surface area (Å²) in [6.07, 6.45) is 4.35. The van der Waals surface area contributed by atoms with Crippen molar-refractivity contribution in [1.82, 2.24) is 9.62 Å². The van der Waals surface area contributed by atoms with Crippen molar-refractivity contribution in [3.8, 4) is 5.75 Å². The lowest BCUT2D eigenvalue weighted by molar-refractivity contribution is 0.240. The van der Waals surface area contributed by atoms with Crippen LogP contribution in [0, 0.1) is 11.6 Å². The molecule has 1 atom stereocenters. The molecule has 5 rings (SSSR count). The number of hydrogen-bond acceptors (Lipinski definition) is 5. The fraction of sp³-hybridized carbons (Fsp3) is 0.440. The minimum atomic E-state index is -3.82. The van der Waals surface area contributed by atoms with Gasteiger partial charge < -0.3 is 9.29 Å². The van der Waals surface area contributed by atoms with E-state index in [4.69, 9.17) is 9.73 Å². The first-order chi connectivity index (χ1) is 17.2. The molecule has 8 nitrogen and oxygen atoms in total.